The summed E-state index contributed by atoms with van der Waals surface area (Å²) in [6.07, 6.45) is 4.98. The van der Waals surface area contributed by atoms with Gasteiger partial charge in [-0.3, -0.25) is 0 Å². The molecule has 2 nitrogen and oxygen atoms in total. The minimum Gasteiger partial charge on any atom is -0.466 e. The van der Waals surface area contributed by atoms with Crippen LogP contribution in [0.4, 0.5) is 0 Å². The first-order valence-corrected chi connectivity index (χ1v) is 4.12. The number of methoxy groups -OCH3 is 1. The lowest BCUT2D eigenvalue weighted by molar-refractivity contribution is -0.136. The van der Waals surface area contributed by atoms with Crippen molar-refractivity contribution in [1.29, 1.82) is 0 Å². The third-order valence-electron chi connectivity index (χ3n) is 1.49. The highest BCUT2D eigenvalue weighted by atomic mass is 16.5. The highest BCUT2D eigenvalue weighted by Gasteiger charge is 2.12. The lowest BCUT2D eigenvalue weighted by Gasteiger charge is -1.95. The quantitative estimate of drug-likeness (QED) is 0.544. The number of rotatable bonds is 1. The van der Waals surface area contributed by atoms with Gasteiger partial charge < -0.3 is 4.74 Å². The first-order chi connectivity index (χ1) is 5.34. The molecule has 64 valence electrons. The Balaban J connectivity index is 0.000000461. The summed E-state index contributed by atoms with van der Waals surface area (Å²) in [7, 11) is 1.42. The second kappa shape index (κ2) is 5.96. The first-order valence-electron chi connectivity index (χ1n) is 4.12. The minimum absolute atomic E-state index is 0.160. The topological polar surface area (TPSA) is 26.3 Å². The van der Waals surface area contributed by atoms with Crippen LogP contribution < -0.4 is 0 Å². The summed E-state index contributed by atoms with van der Waals surface area (Å²) in [5, 5.41) is 0. The van der Waals surface area contributed by atoms with Gasteiger partial charge in [0.2, 0.25) is 0 Å². The van der Waals surface area contributed by atoms with Crippen molar-refractivity contribution >= 4 is 5.97 Å². The van der Waals surface area contributed by atoms with Crippen LogP contribution in [0.15, 0.2) is 11.6 Å². The maximum atomic E-state index is 10.7. The predicted octanol–water partition coefficient (Wildman–Crippen LogP) is 2.30. The minimum atomic E-state index is -0.160. The van der Waals surface area contributed by atoms with Crippen LogP contribution in [0, 0.1) is 0 Å². The van der Waals surface area contributed by atoms with Gasteiger partial charge in [-0.05, 0) is 19.3 Å². The molecule has 0 unspecified atom stereocenters. The van der Waals surface area contributed by atoms with Gasteiger partial charge in [-0.1, -0.05) is 19.9 Å². The molecule has 0 saturated carbocycles. The number of ether oxygens (including phenoxy) is 1. The van der Waals surface area contributed by atoms with E-state index in [1.54, 1.807) is 0 Å². The smallest absolute Gasteiger partial charge is 0.333 e. The highest BCUT2D eigenvalue weighted by Crippen LogP contribution is 2.17. The predicted molar refractivity (Wildman–Crippen MR) is 45.3 cm³/mol. The highest BCUT2D eigenvalue weighted by molar-refractivity contribution is 5.88. The fourth-order valence-corrected chi connectivity index (χ4v) is 0.987. The molecule has 1 aliphatic carbocycles. The number of hydrogen-bond acceptors (Lipinski definition) is 2. The number of esters is 1. The van der Waals surface area contributed by atoms with E-state index >= 15 is 0 Å². The lowest BCUT2D eigenvalue weighted by atomic mass is 10.2. The van der Waals surface area contributed by atoms with Crippen LogP contribution in [0.1, 0.15) is 33.1 Å². The summed E-state index contributed by atoms with van der Waals surface area (Å²) in [5.74, 6) is -0.160. The second-order valence-electron chi connectivity index (χ2n) is 2.11. The van der Waals surface area contributed by atoms with Crippen molar-refractivity contribution in [2.24, 2.45) is 0 Å². The molecule has 0 aromatic rings. The summed E-state index contributed by atoms with van der Waals surface area (Å²) < 4.78 is 4.53. The molecule has 0 radical (unpaired) electrons. The molecular weight excluding hydrogens is 140 g/mol. The summed E-state index contributed by atoms with van der Waals surface area (Å²) >= 11 is 0. The van der Waals surface area contributed by atoms with Gasteiger partial charge in [-0.25, -0.2) is 4.79 Å². The van der Waals surface area contributed by atoms with Gasteiger partial charge in [0.15, 0.2) is 0 Å². The van der Waals surface area contributed by atoms with Crippen LogP contribution >= 0.6 is 0 Å². The van der Waals surface area contributed by atoms with Crippen molar-refractivity contribution in [3.63, 3.8) is 0 Å². The zero-order chi connectivity index (χ0) is 8.69. The van der Waals surface area contributed by atoms with Gasteiger partial charge in [0, 0.05) is 5.57 Å². The average Bonchev–Trinajstić information content (AvgIpc) is 2.59. The molecule has 0 N–H and O–H groups in total. The Morgan fingerprint density at radius 1 is 1.55 bits per heavy atom. The van der Waals surface area contributed by atoms with Gasteiger partial charge in [0.05, 0.1) is 7.11 Å². The number of allylic oxidation sites excluding steroid dienone is 1. The van der Waals surface area contributed by atoms with Gasteiger partial charge >= 0.3 is 5.97 Å². The van der Waals surface area contributed by atoms with Crippen molar-refractivity contribution in [2.75, 3.05) is 7.11 Å². The summed E-state index contributed by atoms with van der Waals surface area (Å²) in [6.45, 7) is 4.00. The standard InChI is InChI=1S/C7H10O2.C2H6/c1-9-7(8)6-4-2-3-5-6;1-2/h4H,2-3,5H2,1H3;1-2H3. The van der Waals surface area contributed by atoms with Gasteiger partial charge in [0.25, 0.3) is 0 Å². The largest absolute Gasteiger partial charge is 0.466 e. The molecule has 0 aromatic heterocycles. The number of carbonyl (C=O) groups is 1. The molecule has 0 bridgehead atoms. The van der Waals surface area contributed by atoms with Crippen LogP contribution in [-0.4, -0.2) is 13.1 Å². The van der Waals surface area contributed by atoms with E-state index in [4.69, 9.17) is 0 Å². The summed E-state index contributed by atoms with van der Waals surface area (Å²) in [6, 6.07) is 0. The Morgan fingerprint density at radius 2 is 2.18 bits per heavy atom. The van der Waals surface area contributed by atoms with E-state index in [0.717, 1.165) is 24.8 Å². The van der Waals surface area contributed by atoms with Crippen molar-refractivity contribution < 1.29 is 9.53 Å². The fraction of sp³-hybridized carbons (Fsp3) is 0.667. The molecule has 2 heteroatoms. The Kier molecular flexibility index (Phi) is 5.53. The van der Waals surface area contributed by atoms with Crippen molar-refractivity contribution in [1.82, 2.24) is 0 Å². The van der Waals surface area contributed by atoms with E-state index in [0.29, 0.717) is 0 Å². The normalized spacial score (nSPS) is 14.6. The third kappa shape index (κ3) is 3.21. The summed E-state index contributed by atoms with van der Waals surface area (Å²) in [5.41, 5.74) is 0.845. The van der Waals surface area contributed by atoms with Crippen molar-refractivity contribution in [3.05, 3.63) is 11.6 Å². The zero-order valence-corrected chi connectivity index (χ0v) is 7.52. The molecule has 0 heterocycles. The maximum absolute atomic E-state index is 10.7. The van der Waals surface area contributed by atoms with Gasteiger partial charge in [-0.15, -0.1) is 0 Å². The van der Waals surface area contributed by atoms with E-state index in [1.165, 1.54) is 7.11 Å². The van der Waals surface area contributed by atoms with E-state index in [-0.39, 0.29) is 5.97 Å². The van der Waals surface area contributed by atoms with Crippen LogP contribution in [0.2, 0.25) is 0 Å². The molecule has 0 atom stereocenters. The van der Waals surface area contributed by atoms with Gasteiger partial charge in [-0.2, -0.15) is 0 Å². The molecular formula is C9H16O2. The second-order valence-corrected chi connectivity index (χ2v) is 2.11. The summed E-state index contributed by atoms with van der Waals surface area (Å²) in [4.78, 5) is 10.7. The fourth-order valence-electron chi connectivity index (χ4n) is 0.987. The van der Waals surface area contributed by atoms with E-state index in [1.807, 2.05) is 19.9 Å². The maximum Gasteiger partial charge on any atom is 0.333 e. The molecule has 1 aliphatic rings. The van der Waals surface area contributed by atoms with Crippen molar-refractivity contribution in [2.45, 2.75) is 33.1 Å². The lowest BCUT2D eigenvalue weighted by Crippen LogP contribution is -2.01. The molecule has 0 aliphatic heterocycles. The van der Waals surface area contributed by atoms with Crippen molar-refractivity contribution in [3.8, 4) is 0 Å². The van der Waals surface area contributed by atoms with Gasteiger partial charge in [0.1, 0.15) is 0 Å². The van der Waals surface area contributed by atoms with Crippen LogP contribution in [0.25, 0.3) is 0 Å². The Morgan fingerprint density at radius 3 is 2.55 bits per heavy atom. The zero-order valence-electron chi connectivity index (χ0n) is 7.52. The number of hydrogen-bond donors (Lipinski definition) is 0. The van der Waals surface area contributed by atoms with E-state index in [2.05, 4.69) is 4.74 Å². The Bertz CT molecular complexity index is 148. The van der Waals surface area contributed by atoms with Crippen LogP contribution in [0.5, 0.6) is 0 Å². The molecule has 0 fully saturated rings. The average molecular weight is 156 g/mol. The molecule has 0 spiro atoms. The molecule has 1 rings (SSSR count). The molecule has 0 saturated heterocycles. The van der Waals surface area contributed by atoms with E-state index in [9.17, 15) is 4.79 Å². The molecule has 0 aromatic carbocycles. The Hall–Kier alpha value is -0.790. The Labute approximate surface area is 68.2 Å². The van der Waals surface area contributed by atoms with E-state index < -0.39 is 0 Å². The molecule has 0 amide bonds. The monoisotopic (exact) mass is 156 g/mol. The third-order valence-corrected chi connectivity index (χ3v) is 1.49. The van der Waals surface area contributed by atoms with Crippen LogP contribution in [-0.2, 0) is 9.53 Å². The SMILES string of the molecule is CC.COC(=O)C1=CCCC1. The number of carbonyl (C=O) groups excluding carboxylic acids is 1. The molecule has 11 heavy (non-hydrogen) atoms. The van der Waals surface area contributed by atoms with Crippen LogP contribution in [0.3, 0.4) is 0 Å². The first kappa shape index (κ1) is 10.2.